The fraction of sp³-hybridized carbons (Fsp3) is 0.429. The molecule has 2 heterocycles. The van der Waals surface area contributed by atoms with E-state index in [0.29, 0.717) is 11.9 Å². The third-order valence-electron chi connectivity index (χ3n) is 3.40. The zero-order valence-corrected chi connectivity index (χ0v) is 11.7. The van der Waals surface area contributed by atoms with Gasteiger partial charge in [-0.3, -0.25) is 0 Å². The highest BCUT2D eigenvalue weighted by atomic mass is 15.2. The number of hydrogen-bond donors (Lipinski definition) is 1. The molecule has 0 aromatic carbocycles. The molecule has 2 aromatic heterocycles. The highest BCUT2D eigenvalue weighted by Gasteiger charge is 2.10. The Hall–Kier alpha value is -1.88. The number of pyridine rings is 1. The number of nitrogens with two attached hydrogens (primary N) is 1. The smallest absolute Gasteiger partial charge is 0.132 e. The average Bonchev–Trinajstić information content (AvgIpc) is 2.84. The van der Waals surface area contributed by atoms with Gasteiger partial charge in [0.15, 0.2) is 0 Å². The SMILES string of the molecule is CC(C)N(C)CCn1cncc1-c1cccnc1N. The summed E-state index contributed by atoms with van der Waals surface area (Å²) in [5.74, 6) is 0.543. The largest absolute Gasteiger partial charge is 0.383 e. The van der Waals surface area contributed by atoms with Crippen LogP contribution in [0.15, 0.2) is 30.9 Å². The normalized spacial score (nSPS) is 11.4. The second-order valence-electron chi connectivity index (χ2n) is 4.98. The van der Waals surface area contributed by atoms with E-state index in [1.54, 1.807) is 6.20 Å². The Labute approximate surface area is 114 Å². The van der Waals surface area contributed by atoms with Crippen molar-refractivity contribution in [2.75, 3.05) is 19.3 Å². The summed E-state index contributed by atoms with van der Waals surface area (Å²) in [6.07, 6.45) is 5.38. The molecule has 0 aliphatic heterocycles. The van der Waals surface area contributed by atoms with Gasteiger partial charge in [-0.25, -0.2) is 9.97 Å². The minimum absolute atomic E-state index is 0.537. The molecular formula is C14H21N5. The number of imidazole rings is 1. The second kappa shape index (κ2) is 5.84. The van der Waals surface area contributed by atoms with Crippen LogP contribution in [0, 0.1) is 0 Å². The Balaban J connectivity index is 2.17. The van der Waals surface area contributed by atoms with Gasteiger partial charge in [-0.05, 0) is 33.0 Å². The van der Waals surface area contributed by atoms with Crippen LogP contribution in [-0.2, 0) is 6.54 Å². The summed E-state index contributed by atoms with van der Waals surface area (Å²) in [5, 5.41) is 0. The Morgan fingerprint density at radius 3 is 2.89 bits per heavy atom. The molecule has 5 nitrogen and oxygen atoms in total. The summed E-state index contributed by atoms with van der Waals surface area (Å²) >= 11 is 0. The minimum Gasteiger partial charge on any atom is -0.383 e. The van der Waals surface area contributed by atoms with Crippen molar-refractivity contribution in [3.8, 4) is 11.3 Å². The monoisotopic (exact) mass is 259 g/mol. The third-order valence-corrected chi connectivity index (χ3v) is 3.40. The Morgan fingerprint density at radius 2 is 2.21 bits per heavy atom. The van der Waals surface area contributed by atoms with E-state index in [4.69, 9.17) is 5.73 Å². The Kier molecular flexibility index (Phi) is 4.16. The molecular weight excluding hydrogens is 238 g/mol. The quantitative estimate of drug-likeness (QED) is 0.890. The lowest BCUT2D eigenvalue weighted by atomic mass is 10.2. The zero-order chi connectivity index (χ0) is 13.8. The molecule has 2 aromatic rings. The molecule has 19 heavy (non-hydrogen) atoms. The number of aromatic nitrogens is 3. The van der Waals surface area contributed by atoms with E-state index in [0.717, 1.165) is 24.3 Å². The molecule has 0 bridgehead atoms. The van der Waals surface area contributed by atoms with Crippen LogP contribution in [0.5, 0.6) is 0 Å². The fourth-order valence-corrected chi connectivity index (χ4v) is 1.88. The van der Waals surface area contributed by atoms with Crippen LogP contribution in [0.25, 0.3) is 11.3 Å². The lowest BCUT2D eigenvalue weighted by Gasteiger charge is -2.21. The third kappa shape index (κ3) is 3.12. The summed E-state index contributed by atoms with van der Waals surface area (Å²) in [6.45, 7) is 6.24. The summed E-state index contributed by atoms with van der Waals surface area (Å²) in [7, 11) is 2.12. The summed E-state index contributed by atoms with van der Waals surface area (Å²) in [4.78, 5) is 10.7. The van der Waals surface area contributed by atoms with E-state index >= 15 is 0 Å². The highest BCUT2D eigenvalue weighted by Crippen LogP contribution is 2.23. The topological polar surface area (TPSA) is 60.0 Å². The molecule has 0 aliphatic rings. The number of likely N-dealkylation sites (N-methyl/N-ethyl adjacent to an activating group) is 1. The van der Waals surface area contributed by atoms with Crippen molar-refractivity contribution < 1.29 is 0 Å². The molecule has 2 N–H and O–H groups in total. The summed E-state index contributed by atoms with van der Waals surface area (Å²) < 4.78 is 2.12. The van der Waals surface area contributed by atoms with Gasteiger partial charge in [0.05, 0.1) is 18.2 Å². The highest BCUT2D eigenvalue weighted by molar-refractivity contribution is 5.70. The number of rotatable bonds is 5. The van der Waals surface area contributed by atoms with Gasteiger partial charge in [-0.15, -0.1) is 0 Å². The Bertz CT molecular complexity index is 532. The average molecular weight is 259 g/mol. The maximum Gasteiger partial charge on any atom is 0.132 e. The molecule has 0 amide bonds. The van der Waals surface area contributed by atoms with Crippen LogP contribution >= 0.6 is 0 Å². The van der Waals surface area contributed by atoms with E-state index < -0.39 is 0 Å². The first-order valence-electron chi connectivity index (χ1n) is 6.51. The van der Waals surface area contributed by atoms with Crippen molar-refractivity contribution in [2.24, 2.45) is 0 Å². The number of anilines is 1. The molecule has 0 aliphatic carbocycles. The first-order chi connectivity index (χ1) is 9.09. The van der Waals surface area contributed by atoms with Crippen molar-refractivity contribution >= 4 is 5.82 Å². The summed E-state index contributed by atoms with van der Waals surface area (Å²) in [6, 6.07) is 4.40. The maximum absolute atomic E-state index is 5.92. The molecule has 0 saturated heterocycles. The van der Waals surface area contributed by atoms with Gasteiger partial charge < -0.3 is 15.2 Å². The van der Waals surface area contributed by atoms with Crippen molar-refractivity contribution in [3.05, 3.63) is 30.9 Å². The molecule has 0 unspecified atom stereocenters. The number of nitrogens with zero attached hydrogens (tertiary/aromatic N) is 4. The van der Waals surface area contributed by atoms with Gasteiger partial charge in [0.2, 0.25) is 0 Å². The molecule has 0 fully saturated rings. The van der Waals surface area contributed by atoms with E-state index in [1.807, 2.05) is 24.7 Å². The van der Waals surface area contributed by atoms with Crippen molar-refractivity contribution in [3.63, 3.8) is 0 Å². The van der Waals surface area contributed by atoms with Gasteiger partial charge in [-0.1, -0.05) is 0 Å². The van der Waals surface area contributed by atoms with E-state index in [-0.39, 0.29) is 0 Å². The maximum atomic E-state index is 5.92. The standard InChI is InChI=1S/C14H21N5/c1-11(2)18(3)7-8-19-10-16-9-13(19)12-5-4-6-17-14(12)15/h4-6,9-11H,7-8H2,1-3H3,(H2,15,17). The summed E-state index contributed by atoms with van der Waals surface area (Å²) in [5.41, 5.74) is 7.88. The van der Waals surface area contributed by atoms with E-state index in [1.165, 1.54) is 0 Å². The predicted octanol–water partition coefficient (Wildman–Crippen LogP) is 1.87. The predicted molar refractivity (Wildman–Crippen MR) is 77.6 cm³/mol. The van der Waals surface area contributed by atoms with E-state index in [9.17, 15) is 0 Å². The van der Waals surface area contributed by atoms with Gasteiger partial charge in [0.1, 0.15) is 5.82 Å². The second-order valence-corrected chi connectivity index (χ2v) is 4.98. The van der Waals surface area contributed by atoms with Crippen molar-refractivity contribution in [1.29, 1.82) is 0 Å². The number of hydrogen-bond acceptors (Lipinski definition) is 4. The minimum atomic E-state index is 0.537. The molecule has 5 heteroatoms. The van der Waals surface area contributed by atoms with Crippen LogP contribution in [0.1, 0.15) is 13.8 Å². The lowest BCUT2D eigenvalue weighted by Crippen LogP contribution is -2.29. The molecule has 2 rings (SSSR count). The zero-order valence-electron chi connectivity index (χ0n) is 11.7. The van der Waals surface area contributed by atoms with Crippen LogP contribution in [0.3, 0.4) is 0 Å². The van der Waals surface area contributed by atoms with Crippen LogP contribution in [-0.4, -0.2) is 39.1 Å². The Morgan fingerprint density at radius 1 is 1.42 bits per heavy atom. The van der Waals surface area contributed by atoms with Crippen molar-refractivity contribution in [1.82, 2.24) is 19.4 Å². The van der Waals surface area contributed by atoms with Crippen molar-refractivity contribution in [2.45, 2.75) is 26.4 Å². The van der Waals surface area contributed by atoms with Crippen LogP contribution < -0.4 is 5.73 Å². The fourth-order valence-electron chi connectivity index (χ4n) is 1.88. The van der Waals surface area contributed by atoms with Crippen LogP contribution in [0.2, 0.25) is 0 Å². The number of nitrogen functional groups attached to an aromatic ring is 1. The molecule has 102 valence electrons. The lowest BCUT2D eigenvalue weighted by molar-refractivity contribution is 0.263. The van der Waals surface area contributed by atoms with Gasteiger partial charge in [0, 0.05) is 30.9 Å². The van der Waals surface area contributed by atoms with Crippen LogP contribution in [0.4, 0.5) is 5.82 Å². The molecule has 0 spiro atoms. The van der Waals surface area contributed by atoms with Gasteiger partial charge >= 0.3 is 0 Å². The first-order valence-corrected chi connectivity index (χ1v) is 6.51. The first kappa shape index (κ1) is 13.5. The molecule has 0 atom stereocenters. The molecule has 0 saturated carbocycles. The van der Waals surface area contributed by atoms with E-state index in [2.05, 4.69) is 40.3 Å². The van der Waals surface area contributed by atoms with Gasteiger partial charge in [0.25, 0.3) is 0 Å². The molecule has 0 radical (unpaired) electrons. The van der Waals surface area contributed by atoms with Gasteiger partial charge in [-0.2, -0.15) is 0 Å².